The van der Waals surface area contributed by atoms with Crippen molar-refractivity contribution >= 4 is 22.8 Å². The molecular formula is C16H19NO2S. The zero-order valence-electron chi connectivity index (χ0n) is 12.1. The van der Waals surface area contributed by atoms with Gasteiger partial charge in [-0.1, -0.05) is 6.07 Å². The Morgan fingerprint density at radius 2 is 2.00 bits per heavy atom. The van der Waals surface area contributed by atoms with Gasteiger partial charge >= 0.3 is 0 Å². The second-order valence-electron chi connectivity index (χ2n) is 4.36. The second-order valence-corrected chi connectivity index (χ2v) is 5.31. The molecule has 0 aliphatic carbocycles. The van der Waals surface area contributed by atoms with Gasteiger partial charge in [-0.2, -0.15) is 0 Å². The lowest BCUT2D eigenvalue weighted by Crippen LogP contribution is -2.21. The van der Waals surface area contributed by atoms with Gasteiger partial charge in [-0.3, -0.25) is 4.79 Å². The standard InChI is InChI=1S/C16H19NO2S/c1-4-17(5-2)12-8-9-13(14(11-12)19-3)16(18)15-7-6-10-20-15/h6-11H,4-5H2,1-3H3. The smallest absolute Gasteiger partial charge is 0.206 e. The van der Waals surface area contributed by atoms with Gasteiger partial charge in [0.1, 0.15) is 5.75 Å². The van der Waals surface area contributed by atoms with E-state index in [2.05, 4.69) is 18.7 Å². The van der Waals surface area contributed by atoms with Crippen LogP contribution < -0.4 is 9.64 Å². The van der Waals surface area contributed by atoms with Crippen LogP contribution in [0.4, 0.5) is 5.69 Å². The monoisotopic (exact) mass is 289 g/mol. The summed E-state index contributed by atoms with van der Waals surface area (Å²) < 4.78 is 5.40. The lowest BCUT2D eigenvalue weighted by atomic mass is 10.1. The van der Waals surface area contributed by atoms with Crippen molar-refractivity contribution in [2.75, 3.05) is 25.1 Å². The number of hydrogen-bond donors (Lipinski definition) is 0. The number of ketones is 1. The topological polar surface area (TPSA) is 29.5 Å². The molecule has 1 aromatic carbocycles. The molecule has 0 fully saturated rings. The quantitative estimate of drug-likeness (QED) is 0.757. The zero-order chi connectivity index (χ0) is 14.5. The minimum atomic E-state index is 0.0166. The van der Waals surface area contributed by atoms with Crippen LogP contribution in [0.25, 0.3) is 0 Å². The molecule has 0 saturated carbocycles. The molecule has 0 unspecified atom stereocenters. The number of hydrogen-bond acceptors (Lipinski definition) is 4. The maximum atomic E-state index is 12.4. The highest BCUT2D eigenvalue weighted by atomic mass is 32.1. The molecule has 0 amide bonds. The Hall–Kier alpha value is -1.81. The number of ether oxygens (including phenoxy) is 1. The van der Waals surface area contributed by atoms with Crippen molar-refractivity contribution in [3.8, 4) is 5.75 Å². The molecule has 0 aliphatic heterocycles. The first kappa shape index (κ1) is 14.6. The van der Waals surface area contributed by atoms with E-state index in [0.717, 1.165) is 23.7 Å². The molecule has 2 aromatic rings. The van der Waals surface area contributed by atoms with E-state index in [1.54, 1.807) is 7.11 Å². The van der Waals surface area contributed by atoms with Gasteiger partial charge in [0.25, 0.3) is 0 Å². The van der Waals surface area contributed by atoms with Crippen LogP contribution >= 0.6 is 11.3 Å². The summed E-state index contributed by atoms with van der Waals surface area (Å²) in [6.07, 6.45) is 0. The van der Waals surface area contributed by atoms with Gasteiger partial charge in [0.15, 0.2) is 0 Å². The molecule has 0 atom stereocenters. The number of carbonyl (C=O) groups is 1. The predicted molar refractivity (Wildman–Crippen MR) is 84.3 cm³/mol. The van der Waals surface area contributed by atoms with E-state index in [-0.39, 0.29) is 5.78 Å². The Balaban J connectivity index is 2.38. The van der Waals surface area contributed by atoms with Crippen molar-refractivity contribution in [3.63, 3.8) is 0 Å². The first-order valence-electron chi connectivity index (χ1n) is 6.72. The van der Waals surface area contributed by atoms with Crippen LogP contribution in [0.3, 0.4) is 0 Å². The number of benzene rings is 1. The first-order chi connectivity index (χ1) is 9.71. The van der Waals surface area contributed by atoms with E-state index in [9.17, 15) is 4.79 Å². The number of rotatable bonds is 6. The third-order valence-electron chi connectivity index (χ3n) is 3.30. The SMILES string of the molecule is CCN(CC)c1ccc(C(=O)c2cccs2)c(OC)c1. The van der Waals surface area contributed by atoms with Crippen molar-refractivity contribution in [2.45, 2.75) is 13.8 Å². The van der Waals surface area contributed by atoms with Crippen LogP contribution in [0.15, 0.2) is 35.7 Å². The third-order valence-corrected chi connectivity index (χ3v) is 4.17. The average Bonchev–Trinajstić information content (AvgIpc) is 3.02. The van der Waals surface area contributed by atoms with Crippen LogP contribution in [-0.4, -0.2) is 26.0 Å². The maximum absolute atomic E-state index is 12.4. The van der Waals surface area contributed by atoms with Crippen molar-refractivity contribution < 1.29 is 9.53 Å². The van der Waals surface area contributed by atoms with E-state index in [1.165, 1.54) is 11.3 Å². The molecule has 0 aliphatic rings. The lowest BCUT2D eigenvalue weighted by Gasteiger charge is -2.22. The Morgan fingerprint density at radius 3 is 2.55 bits per heavy atom. The number of nitrogens with zero attached hydrogens (tertiary/aromatic N) is 1. The largest absolute Gasteiger partial charge is 0.496 e. The molecule has 0 N–H and O–H groups in total. The second kappa shape index (κ2) is 6.57. The highest BCUT2D eigenvalue weighted by molar-refractivity contribution is 7.12. The van der Waals surface area contributed by atoms with Crippen molar-refractivity contribution in [1.82, 2.24) is 0 Å². The molecule has 1 heterocycles. The van der Waals surface area contributed by atoms with E-state index in [4.69, 9.17) is 4.74 Å². The van der Waals surface area contributed by atoms with Gasteiger partial charge < -0.3 is 9.64 Å². The maximum Gasteiger partial charge on any atom is 0.206 e. The zero-order valence-corrected chi connectivity index (χ0v) is 12.9. The fourth-order valence-electron chi connectivity index (χ4n) is 2.19. The number of methoxy groups -OCH3 is 1. The van der Waals surface area contributed by atoms with Crippen LogP contribution in [0, 0.1) is 0 Å². The van der Waals surface area contributed by atoms with Gasteiger partial charge in [-0.25, -0.2) is 0 Å². The molecule has 20 heavy (non-hydrogen) atoms. The minimum Gasteiger partial charge on any atom is -0.496 e. The summed E-state index contributed by atoms with van der Waals surface area (Å²) in [5.74, 6) is 0.649. The van der Waals surface area contributed by atoms with Crippen molar-refractivity contribution in [2.24, 2.45) is 0 Å². The van der Waals surface area contributed by atoms with E-state index < -0.39 is 0 Å². The van der Waals surface area contributed by atoms with Crippen molar-refractivity contribution in [1.29, 1.82) is 0 Å². The van der Waals surface area contributed by atoms with Gasteiger partial charge in [0.05, 0.1) is 17.6 Å². The molecule has 0 radical (unpaired) electrons. The van der Waals surface area contributed by atoms with Gasteiger partial charge in [0.2, 0.25) is 5.78 Å². The minimum absolute atomic E-state index is 0.0166. The summed E-state index contributed by atoms with van der Waals surface area (Å²) in [6, 6.07) is 9.50. The Kier molecular flexibility index (Phi) is 4.79. The Bertz CT molecular complexity index is 574. The third kappa shape index (κ3) is 2.85. The van der Waals surface area contributed by atoms with E-state index in [0.29, 0.717) is 11.3 Å². The van der Waals surface area contributed by atoms with Crippen LogP contribution in [0.5, 0.6) is 5.75 Å². The molecule has 1 aromatic heterocycles. The molecule has 3 nitrogen and oxygen atoms in total. The summed E-state index contributed by atoms with van der Waals surface area (Å²) in [4.78, 5) is 15.4. The summed E-state index contributed by atoms with van der Waals surface area (Å²) >= 11 is 1.45. The molecule has 106 valence electrons. The predicted octanol–water partition coefficient (Wildman–Crippen LogP) is 3.83. The van der Waals surface area contributed by atoms with E-state index in [1.807, 2.05) is 35.7 Å². The normalized spacial score (nSPS) is 10.3. The summed E-state index contributed by atoms with van der Waals surface area (Å²) in [5, 5.41) is 1.91. The molecule has 0 spiro atoms. The summed E-state index contributed by atoms with van der Waals surface area (Å²) in [7, 11) is 1.60. The molecular weight excluding hydrogens is 270 g/mol. The van der Waals surface area contributed by atoms with Crippen LogP contribution in [0.1, 0.15) is 29.1 Å². The number of carbonyl (C=O) groups excluding carboxylic acids is 1. The molecule has 0 bridgehead atoms. The summed E-state index contributed by atoms with van der Waals surface area (Å²) in [5.41, 5.74) is 1.69. The molecule has 4 heteroatoms. The fourth-order valence-corrected chi connectivity index (χ4v) is 2.87. The van der Waals surface area contributed by atoms with E-state index >= 15 is 0 Å². The van der Waals surface area contributed by atoms with Gasteiger partial charge in [0, 0.05) is 24.8 Å². The average molecular weight is 289 g/mol. The van der Waals surface area contributed by atoms with Gasteiger partial charge in [-0.15, -0.1) is 11.3 Å². The number of thiophene rings is 1. The summed E-state index contributed by atoms with van der Waals surface area (Å²) in [6.45, 7) is 6.08. The lowest BCUT2D eigenvalue weighted by molar-refractivity contribution is 0.103. The molecule has 0 saturated heterocycles. The van der Waals surface area contributed by atoms with Crippen LogP contribution in [-0.2, 0) is 0 Å². The van der Waals surface area contributed by atoms with Crippen molar-refractivity contribution in [3.05, 3.63) is 46.2 Å². The fraction of sp³-hybridized carbons (Fsp3) is 0.312. The highest BCUT2D eigenvalue weighted by Crippen LogP contribution is 2.28. The van der Waals surface area contributed by atoms with Crippen LogP contribution in [0.2, 0.25) is 0 Å². The Labute approximate surface area is 123 Å². The highest BCUT2D eigenvalue weighted by Gasteiger charge is 2.16. The first-order valence-corrected chi connectivity index (χ1v) is 7.60. The number of anilines is 1. The Morgan fingerprint density at radius 1 is 1.25 bits per heavy atom. The molecule has 2 rings (SSSR count). The van der Waals surface area contributed by atoms with Gasteiger partial charge in [-0.05, 0) is 37.4 Å².